The van der Waals surface area contributed by atoms with Crippen LogP contribution in [0.15, 0.2) is 30.3 Å². The van der Waals surface area contributed by atoms with E-state index in [1.165, 1.54) is 5.56 Å². The lowest BCUT2D eigenvalue weighted by atomic mass is 10.0. The highest BCUT2D eigenvalue weighted by Gasteiger charge is 2.18. The Hall–Kier alpha value is -0.860. The molecule has 76 valence electrons. The van der Waals surface area contributed by atoms with Crippen molar-refractivity contribution in [3.8, 4) is 0 Å². The smallest absolute Gasteiger partial charge is 0.0823 e. The SMILES string of the molecule is CC(COC1CNC1)c1ccccc1. The van der Waals surface area contributed by atoms with Gasteiger partial charge in [-0.25, -0.2) is 0 Å². The van der Waals surface area contributed by atoms with Gasteiger partial charge in [-0.3, -0.25) is 0 Å². The predicted octanol–water partition coefficient (Wildman–Crippen LogP) is 1.78. The lowest BCUT2D eigenvalue weighted by Crippen LogP contribution is -2.48. The standard InChI is InChI=1S/C12H17NO/c1-10(9-14-12-7-13-8-12)11-5-3-2-4-6-11/h2-6,10,12-13H,7-9H2,1H3. The van der Waals surface area contributed by atoms with E-state index in [4.69, 9.17) is 4.74 Å². The van der Waals surface area contributed by atoms with Gasteiger partial charge in [0.15, 0.2) is 0 Å². The third-order valence-corrected chi connectivity index (χ3v) is 2.69. The normalized spacial score (nSPS) is 18.9. The quantitative estimate of drug-likeness (QED) is 0.783. The zero-order chi connectivity index (χ0) is 9.80. The summed E-state index contributed by atoms with van der Waals surface area (Å²) in [5, 5.41) is 3.20. The van der Waals surface area contributed by atoms with Crippen LogP contribution in [0.5, 0.6) is 0 Å². The summed E-state index contributed by atoms with van der Waals surface area (Å²) in [6, 6.07) is 10.5. The zero-order valence-electron chi connectivity index (χ0n) is 8.57. The molecular weight excluding hydrogens is 174 g/mol. The molecule has 1 atom stereocenters. The molecule has 2 nitrogen and oxygen atoms in total. The van der Waals surface area contributed by atoms with Crippen molar-refractivity contribution >= 4 is 0 Å². The second-order valence-corrected chi connectivity index (χ2v) is 3.93. The third-order valence-electron chi connectivity index (χ3n) is 2.69. The maximum absolute atomic E-state index is 5.73. The first-order chi connectivity index (χ1) is 6.86. The van der Waals surface area contributed by atoms with Gasteiger partial charge in [-0.05, 0) is 5.56 Å². The Labute approximate surface area is 85.3 Å². The molecule has 0 bridgehead atoms. The van der Waals surface area contributed by atoms with Gasteiger partial charge in [0.2, 0.25) is 0 Å². The Kier molecular flexibility index (Phi) is 3.17. The fourth-order valence-electron chi connectivity index (χ4n) is 1.54. The average Bonchev–Trinajstić information content (AvgIpc) is 2.16. The van der Waals surface area contributed by atoms with Gasteiger partial charge in [0.25, 0.3) is 0 Å². The summed E-state index contributed by atoms with van der Waals surface area (Å²) in [6.45, 7) is 5.07. The van der Waals surface area contributed by atoms with E-state index >= 15 is 0 Å². The summed E-state index contributed by atoms with van der Waals surface area (Å²) >= 11 is 0. The van der Waals surface area contributed by atoms with E-state index in [-0.39, 0.29) is 0 Å². The van der Waals surface area contributed by atoms with Crippen LogP contribution in [0.2, 0.25) is 0 Å². The maximum Gasteiger partial charge on any atom is 0.0823 e. The molecule has 0 aliphatic carbocycles. The number of ether oxygens (including phenoxy) is 1. The first kappa shape index (κ1) is 9.69. The lowest BCUT2D eigenvalue weighted by molar-refractivity contribution is 0.0129. The molecule has 1 N–H and O–H groups in total. The molecule has 2 heteroatoms. The van der Waals surface area contributed by atoms with Gasteiger partial charge >= 0.3 is 0 Å². The Morgan fingerprint density at radius 1 is 1.36 bits per heavy atom. The molecule has 0 amide bonds. The third kappa shape index (κ3) is 2.34. The molecule has 1 aromatic carbocycles. The van der Waals surface area contributed by atoms with Crippen molar-refractivity contribution in [3.63, 3.8) is 0 Å². The molecule has 0 aromatic heterocycles. The van der Waals surface area contributed by atoms with E-state index in [2.05, 4.69) is 36.5 Å². The highest BCUT2D eigenvalue weighted by Crippen LogP contribution is 2.15. The van der Waals surface area contributed by atoms with E-state index in [1.807, 2.05) is 6.07 Å². The molecule has 0 saturated carbocycles. The lowest BCUT2D eigenvalue weighted by Gasteiger charge is -2.28. The Morgan fingerprint density at radius 2 is 2.07 bits per heavy atom. The minimum atomic E-state index is 0.446. The van der Waals surface area contributed by atoms with E-state index in [0.717, 1.165) is 19.7 Å². The van der Waals surface area contributed by atoms with Crippen molar-refractivity contribution in [3.05, 3.63) is 35.9 Å². The first-order valence-electron chi connectivity index (χ1n) is 5.23. The molecule has 2 rings (SSSR count). The average molecular weight is 191 g/mol. The van der Waals surface area contributed by atoms with Crippen LogP contribution in [0.25, 0.3) is 0 Å². The molecule has 1 aromatic rings. The van der Waals surface area contributed by atoms with Gasteiger partial charge in [-0.15, -0.1) is 0 Å². The van der Waals surface area contributed by atoms with Crippen molar-refractivity contribution in [2.75, 3.05) is 19.7 Å². The summed E-state index contributed by atoms with van der Waals surface area (Å²) in [5.41, 5.74) is 1.36. The summed E-state index contributed by atoms with van der Waals surface area (Å²) in [7, 11) is 0. The molecule has 0 spiro atoms. The zero-order valence-corrected chi connectivity index (χ0v) is 8.57. The van der Waals surface area contributed by atoms with Crippen LogP contribution in [0.4, 0.5) is 0 Å². The molecule has 0 radical (unpaired) electrons. The van der Waals surface area contributed by atoms with Crippen LogP contribution < -0.4 is 5.32 Å². The largest absolute Gasteiger partial charge is 0.375 e. The highest BCUT2D eigenvalue weighted by molar-refractivity contribution is 5.18. The summed E-state index contributed by atoms with van der Waals surface area (Å²) in [5.74, 6) is 0.497. The fraction of sp³-hybridized carbons (Fsp3) is 0.500. The second kappa shape index (κ2) is 4.58. The van der Waals surface area contributed by atoms with Gasteiger partial charge < -0.3 is 10.1 Å². The molecule has 1 aliphatic rings. The van der Waals surface area contributed by atoms with E-state index < -0.39 is 0 Å². The Bertz CT molecular complexity index is 269. The summed E-state index contributed by atoms with van der Waals surface area (Å²) in [6.07, 6.45) is 0.446. The predicted molar refractivity (Wildman–Crippen MR) is 57.5 cm³/mol. The number of rotatable bonds is 4. The Balaban J connectivity index is 1.80. The van der Waals surface area contributed by atoms with Gasteiger partial charge in [0.05, 0.1) is 12.7 Å². The number of nitrogens with one attached hydrogen (secondary N) is 1. The van der Waals surface area contributed by atoms with Gasteiger partial charge in [-0.1, -0.05) is 37.3 Å². The van der Waals surface area contributed by atoms with Crippen LogP contribution in [-0.2, 0) is 4.74 Å². The van der Waals surface area contributed by atoms with Gasteiger partial charge in [0, 0.05) is 19.0 Å². The maximum atomic E-state index is 5.73. The van der Waals surface area contributed by atoms with Crippen LogP contribution in [0.3, 0.4) is 0 Å². The highest BCUT2D eigenvalue weighted by atomic mass is 16.5. The Morgan fingerprint density at radius 3 is 2.64 bits per heavy atom. The number of benzene rings is 1. The van der Waals surface area contributed by atoms with Crippen molar-refractivity contribution in [1.82, 2.24) is 5.32 Å². The first-order valence-corrected chi connectivity index (χ1v) is 5.23. The van der Waals surface area contributed by atoms with Crippen LogP contribution in [-0.4, -0.2) is 25.8 Å². The van der Waals surface area contributed by atoms with E-state index in [9.17, 15) is 0 Å². The number of hydrogen-bond acceptors (Lipinski definition) is 2. The van der Waals surface area contributed by atoms with Crippen LogP contribution in [0, 0.1) is 0 Å². The molecule has 1 saturated heterocycles. The summed E-state index contributed by atoms with van der Waals surface area (Å²) in [4.78, 5) is 0. The molecule has 1 aliphatic heterocycles. The van der Waals surface area contributed by atoms with Crippen molar-refractivity contribution in [2.45, 2.75) is 18.9 Å². The van der Waals surface area contributed by atoms with E-state index in [0.29, 0.717) is 12.0 Å². The van der Waals surface area contributed by atoms with Crippen LogP contribution in [0.1, 0.15) is 18.4 Å². The molecule has 1 heterocycles. The summed E-state index contributed by atoms with van der Waals surface area (Å²) < 4.78 is 5.73. The van der Waals surface area contributed by atoms with Crippen LogP contribution >= 0.6 is 0 Å². The fourth-order valence-corrected chi connectivity index (χ4v) is 1.54. The minimum Gasteiger partial charge on any atom is -0.375 e. The molecular formula is C12H17NO. The van der Waals surface area contributed by atoms with Gasteiger partial charge in [-0.2, -0.15) is 0 Å². The van der Waals surface area contributed by atoms with E-state index in [1.54, 1.807) is 0 Å². The minimum absolute atomic E-state index is 0.446. The monoisotopic (exact) mass is 191 g/mol. The van der Waals surface area contributed by atoms with Crippen molar-refractivity contribution < 1.29 is 4.74 Å². The molecule has 14 heavy (non-hydrogen) atoms. The topological polar surface area (TPSA) is 21.3 Å². The van der Waals surface area contributed by atoms with Gasteiger partial charge in [0.1, 0.15) is 0 Å². The number of hydrogen-bond donors (Lipinski definition) is 1. The second-order valence-electron chi connectivity index (χ2n) is 3.93. The molecule has 1 fully saturated rings. The van der Waals surface area contributed by atoms with Crippen molar-refractivity contribution in [1.29, 1.82) is 0 Å². The van der Waals surface area contributed by atoms with Crippen molar-refractivity contribution in [2.24, 2.45) is 0 Å². The molecule has 1 unspecified atom stereocenters.